The van der Waals surface area contributed by atoms with E-state index < -0.39 is 0 Å². The first-order valence-electron chi connectivity index (χ1n) is 7.82. The summed E-state index contributed by atoms with van der Waals surface area (Å²) in [6, 6.07) is 8.95. The van der Waals surface area contributed by atoms with Gasteiger partial charge in [0.15, 0.2) is 5.69 Å². The van der Waals surface area contributed by atoms with Gasteiger partial charge >= 0.3 is 0 Å². The number of carbonyl (C=O) groups excluding carboxylic acids is 1. The van der Waals surface area contributed by atoms with Crippen LogP contribution in [0.1, 0.15) is 36.3 Å². The van der Waals surface area contributed by atoms with E-state index in [4.69, 9.17) is 23.2 Å². The maximum Gasteiger partial charge on any atom is 0.272 e. The average molecular weight is 367 g/mol. The highest BCUT2D eigenvalue weighted by molar-refractivity contribution is 6.35. The zero-order valence-electron chi connectivity index (χ0n) is 13.6. The van der Waals surface area contributed by atoms with E-state index in [1.165, 1.54) is 0 Å². The van der Waals surface area contributed by atoms with Crippen molar-refractivity contribution in [2.24, 2.45) is 0 Å². The van der Waals surface area contributed by atoms with E-state index in [9.17, 15) is 4.79 Å². The Kier molecular flexibility index (Phi) is 6.82. The van der Waals surface area contributed by atoms with E-state index in [0.717, 1.165) is 18.4 Å². The lowest BCUT2D eigenvalue weighted by molar-refractivity contribution is 0.0933. The Morgan fingerprint density at radius 1 is 1.21 bits per heavy atom. The number of nitrogens with zero attached hydrogens (tertiary/aromatic N) is 2. The minimum Gasteiger partial charge on any atom is -0.368 e. The van der Waals surface area contributed by atoms with E-state index in [0.29, 0.717) is 28.1 Å². The Bertz CT molecular complexity index is 691. The van der Waals surface area contributed by atoms with E-state index in [1.54, 1.807) is 18.2 Å². The van der Waals surface area contributed by atoms with Gasteiger partial charge in [-0.15, -0.1) is 10.2 Å². The van der Waals surface area contributed by atoms with Crippen molar-refractivity contribution in [1.29, 1.82) is 0 Å². The molecule has 1 aromatic carbocycles. The van der Waals surface area contributed by atoms with Crippen molar-refractivity contribution >= 4 is 34.9 Å². The Labute approximate surface area is 151 Å². The van der Waals surface area contributed by atoms with Crippen LogP contribution >= 0.6 is 23.2 Å². The van der Waals surface area contributed by atoms with Gasteiger partial charge in [-0.05, 0) is 49.6 Å². The van der Waals surface area contributed by atoms with Gasteiger partial charge in [0.1, 0.15) is 5.82 Å². The standard InChI is InChI=1S/C17H20Cl2N4O/c1-3-11(2)21-17(24)15-6-7-16(23-22-15)20-9-8-12-4-5-13(18)10-14(12)19/h4-7,10-11H,3,8-9H2,1-2H3,(H,20,23)(H,21,24). The first kappa shape index (κ1) is 18.5. The van der Waals surface area contributed by atoms with Gasteiger partial charge in [-0.1, -0.05) is 36.2 Å². The number of hydrogen-bond acceptors (Lipinski definition) is 4. The molecule has 2 rings (SSSR count). The van der Waals surface area contributed by atoms with Gasteiger partial charge in [-0.2, -0.15) is 0 Å². The molecule has 5 nitrogen and oxygen atoms in total. The third kappa shape index (κ3) is 5.35. The largest absolute Gasteiger partial charge is 0.368 e. The van der Waals surface area contributed by atoms with Gasteiger partial charge in [0.05, 0.1) is 0 Å². The fourth-order valence-corrected chi connectivity index (χ4v) is 2.50. The quantitative estimate of drug-likeness (QED) is 0.777. The molecule has 0 saturated heterocycles. The monoisotopic (exact) mass is 366 g/mol. The van der Waals surface area contributed by atoms with Crippen LogP contribution in [0.25, 0.3) is 0 Å². The molecule has 7 heteroatoms. The predicted octanol–water partition coefficient (Wildman–Crippen LogP) is 3.97. The van der Waals surface area contributed by atoms with Gasteiger partial charge in [0, 0.05) is 22.6 Å². The summed E-state index contributed by atoms with van der Waals surface area (Å²) in [5.41, 5.74) is 1.31. The molecule has 0 fully saturated rings. The molecule has 0 bridgehead atoms. The molecule has 128 valence electrons. The van der Waals surface area contributed by atoms with E-state index >= 15 is 0 Å². The predicted molar refractivity (Wildman–Crippen MR) is 97.9 cm³/mol. The topological polar surface area (TPSA) is 66.9 Å². The number of anilines is 1. The maximum absolute atomic E-state index is 11.9. The molecular weight excluding hydrogens is 347 g/mol. The van der Waals surface area contributed by atoms with E-state index in [-0.39, 0.29) is 11.9 Å². The summed E-state index contributed by atoms with van der Waals surface area (Å²) in [7, 11) is 0. The third-order valence-corrected chi connectivity index (χ3v) is 4.19. The number of benzene rings is 1. The molecular formula is C17H20Cl2N4O. The molecule has 0 saturated carbocycles. The molecule has 0 spiro atoms. The van der Waals surface area contributed by atoms with E-state index in [1.807, 2.05) is 26.0 Å². The van der Waals surface area contributed by atoms with Crippen LogP contribution in [0.15, 0.2) is 30.3 Å². The SMILES string of the molecule is CCC(C)NC(=O)c1ccc(NCCc2ccc(Cl)cc2Cl)nn1. The van der Waals surface area contributed by atoms with Crippen molar-refractivity contribution in [2.45, 2.75) is 32.7 Å². The van der Waals surface area contributed by atoms with Crippen molar-refractivity contribution in [1.82, 2.24) is 15.5 Å². The van der Waals surface area contributed by atoms with Crippen LogP contribution in [0.5, 0.6) is 0 Å². The van der Waals surface area contributed by atoms with Crippen LogP contribution in [-0.4, -0.2) is 28.7 Å². The first-order valence-corrected chi connectivity index (χ1v) is 8.57. The highest BCUT2D eigenvalue weighted by Crippen LogP contribution is 2.21. The summed E-state index contributed by atoms with van der Waals surface area (Å²) in [5, 5.41) is 15.3. The molecule has 24 heavy (non-hydrogen) atoms. The Morgan fingerprint density at radius 2 is 2.00 bits per heavy atom. The summed E-state index contributed by atoms with van der Waals surface area (Å²) in [4.78, 5) is 11.9. The lowest BCUT2D eigenvalue weighted by Gasteiger charge is -2.11. The van der Waals surface area contributed by atoms with Crippen LogP contribution in [0.4, 0.5) is 5.82 Å². The number of halogens is 2. The van der Waals surface area contributed by atoms with Gasteiger partial charge in [0.25, 0.3) is 5.91 Å². The fraction of sp³-hybridized carbons (Fsp3) is 0.353. The number of hydrogen-bond donors (Lipinski definition) is 2. The molecule has 0 aliphatic rings. The molecule has 0 radical (unpaired) electrons. The molecule has 1 heterocycles. The Morgan fingerprint density at radius 3 is 2.62 bits per heavy atom. The van der Waals surface area contributed by atoms with Crippen LogP contribution in [0.2, 0.25) is 10.0 Å². The summed E-state index contributed by atoms with van der Waals surface area (Å²) in [6.45, 7) is 4.61. The van der Waals surface area contributed by atoms with Crippen LogP contribution < -0.4 is 10.6 Å². The lowest BCUT2D eigenvalue weighted by atomic mass is 10.1. The number of carbonyl (C=O) groups is 1. The Balaban J connectivity index is 1.86. The third-order valence-electron chi connectivity index (χ3n) is 3.60. The van der Waals surface area contributed by atoms with Gasteiger partial charge in [-0.3, -0.25) is 4.79 Å². The zero-order chi connectivity index (χ0) is 17.5. The second-order valence-electron chi connectivity index (χ2n) is 5.50. The molecule has 0 aliphatic heterocycles. The van der Waals surface area contributed by atoms with Gasteiger partial charge < -0.3 is 10.6 Å². The van der Waals surface area contributed by atoms with Crippen LogP contribution in [0, 0.1) is 0 Å². The van der Waals surface area contributed by atoms with Crippen molar-refractivity contribution in [3.05, 3.63) is 51.6 Å². The average Bonchev–Trinajstić information content (AvgIpc) is 2.57. The molecule has 2 aromatic rings. The smallest absolute Gasteiger partial charge is 0.272 e. The van der Waals surface area contributed by atoms with Crippen molar-refractivity contribution in [3.8, 4) is 0 Å². The van der Waals surface area contributed by atoms with Crippen LogP contribution in [-0.2, 0) is 6.42 Å². The molecule has 1 amide bonds. The molecule has 1 aromatic heterocycles. The summed E-state index contributed by atoms with van der Waals surface area (Å²) in [5.74, 6) is 0.400. The summed E-state index contributed by atoms with van der Waals surface area (Å²) in [6.07, 6.45) is 1.60. The number of amides is 1. The zero-order valence-corrected chi connectivity index (χ0v) is 15.2. The van der Waals surface area contributed by atoms with Crippen molar-refractivity contribution in [3.63, 3.8) is 0 Å². The summed E-state index contributed by atoms with van der Waals surface area (Å²) < 4.78 is 0. The highest BCUT2D eigenvalue weighted by atomic mass is 35.5. The van der Waals surface area contributed by atoms with Crippen LogP contribution in [0.3, 0.4) is 0 Å². The lowest BCUT2D eigenvalue weighted by Crippen LogP contribution is -2.32. The second-order valence-corrected chi connectivity index (χ2v) is 6.34. The van der Waals surface area contributed by atoms with Gasteiger partial charge in [0.2, 0.25) is 0 Å². The second kappa shape index (κ2) is 8.85. The maximum atomic E-state index is 11.9. The van der Waals surface area contributed by atoms with Crippen molar-refractivity contribution in [2.75, 3.05) is 11.9 Å². The van der Waals surface area contributed by atoms with E-state index in [2.05, 4.69) is 20.8 Å². The number of aromatic nitrogens is 2. The number of rotatable bonds is 7. The highest BCUT2D eigenvalue weighted by Gasteiger charge is 2.10. The first-order chi connectivity index (χ1) is 11.5. The van der Waals surface area contributed by atoms with Gasteiger partial charge in [-0.25, -0.2) is 0 Å². The molecule has 0 aliphatic carbocycles. The van der Waals surface area contributed by atoms with Crippen molar-refractivity contribution < 1.29 is 4.79 Å². The minimum absolute atomic E-state index is 0.112. The minimum atomic E-state index is -0.212. The molecule has 2 N–H and O–H groups in total. The summed E-state index contributed by atoms with van der Waals surface area (Å²) >= 11 is 12.0. The fourth-order valence-electron chi connectivity index (χ4n) is 2.00. The molecule has 1 atom stereocenters. The Hall–Kier alpha value is -1.85. The normalized spacial score (nSPS) is 11.8. The number of nitrogens with one attached hydrogen (secondary N) is 2. The molecule has 1 unspecified atom stereocenters.